The van der Waals surface area contributed by atoms with Crippen molar-refractivity contribution in [2.75, 3.05) is 13.1 Å². The molecular formula is C24H22FN5O2. The predicted molar refractivity (Wildman–Crippen MR) is 119 cm³/mol. The number of H-pyrrole nitrogens is 1. The summed E-state index contributed by atoms with van der Waals surface area (Å²) < 4.78 is 15.1. The van der Waals surface area contributed by atoms with E-state index in [2.05, 4.69) is 22.2 Å². The Labute approximate surface area is 183 Å². The minimum atomic E-state index is -0.382. The van der Waals surface area contributed by atoms with Crippen LogP contribution in [0.5, 0.6) is 0 Å². The Morgan fingerprint density at radius 1 is 1.19 bits per heavy atom. The van der Waals surface area contributed by atoms with Crippen LogP contribution >= 0.6 is 0 Å². The van der Waals surface area contributed by atoms with Gasteiger partial charge in [-0.15, -0.1) is 5.10 Å². The Kier molecular flexibility index (Phi) is 5.05. The second kappa shape index (κ2) is 8.03. The molecule has 0 bridgehead atoms. The largest absolute Gasteiger partial charge is 0.338 e. The molecule has 1 fully saturated rings. The first-order valence-electron chi connectivity index (χ1n) is 10.7. The number of likely N-dealkylation sites (tertiary alicyclic amines) is 1. The highest BCUT2D eigenvalue weighted by Crippen LogP contribution is 2.22. The van der Waals surface area contributed by atoms with E-state index in [-0.39, 0.29) is 17.3 Å². The normalized spacial score (nSPS) is 16.1. The second-order valence-electron chi connectivity index (χ2n) is 8.15. The first kappa shape index (κ1) is 20.1. The molecule has 1 saturated heterocycles. The number of pyridine rings is 1. The summed E-state index contributed by atoms with van der Waals surface area (Å²) in [6.45, 7) is 3.77. The van der Waals surface area contributed by atoms with Gasteiger partial charge in [0.15, 0.2) is 0 Å². The fourth-order valence-corrected chi connectivity index (χ4v) is 4.17. The van der Waals surface area contributed by atoms with E-state index >= 15 is 0 Å². The minimum absolute atomic E-state index is 0.0432. The number of nitrogens with zero attached hydrogens (tertiary/aromatic N) is 4. The van der Waals surface area contributed by atoms with E-state index in [0.717, 1.165) is 31.6 Å². The van der Waals surface area contributed by atoms with E-state index in [1.807, 2.05) is 4.90 Å². The van der Waals surface area contributed by atoms with Crippen LogP contribution in [0.2, 0.25) is 0 Å². The summed E-state index contributed by atoms with van der Waals surface area (Å²) in [5.74, 6) is 0.246. The molecule has 1 atom stereocenters. The molecule has 8 heteroatoms. The first-order chi connectivity index (χ1) is 15.5. The monoisotopic (exact) mass is 431 g/mol. The van der Waals surface area contributed by atoms with Gasteiger partial charge in [0, 0.05) is 29.6 Å². The molecule has 0 unspecified atom stereocenters. The first-order valence-corrected chi connectivity index (χ1v) is 10.7. The number of aromatic amines is 1. The van der Waals surface area contributed by atoms with Gasteiger partial charge in [0.2, 0.25) is 0 Å². The van der Waals surface area contributed by atoms with E-state index in [1.54, 1.807) is 41.2 Å². The summed E-state index contributed by atoms with van der Waals surface area (Å²) in [6, 6.07) is 13.0. The summed E-state index contributed by atoms with van der Waals surface area (Å²) in [5, 5.41) is 8.81. The van der Waals surface area contributed by atoms with E-state index < -0.39 is 0 Å². The van der Waals surface area contributed by atoms with Gasteiger partial charge < -0.3 is 9.88 Å². The van der Waals surface area contributed by atoms with Gasteiger partial charge >= 0.3 is 0 Å². The molecule has 0 saturated carbocycles. The zero-order valence-electron chi connectivity index (χ0n) is 17.6. The predicted octanol–water partition coefficient (Wildman–Crippen LogP) is 3.79. The number of amides is 1. The molecule has 1 aliphatic heterocycles. The summed E-state index contributed by atoms with van der Waals surface area (Å²) >= 11 is 0. The molecule has 1 aliphatic rings. The summed E-state index contributed by atoms with van der Waals surface area (Å²) in [4.78, 5) is 29.9. The number of fused-ring (bicyclic) bond motifs is 1. The second-order valence-corrected chi connectivity index (χ2v) is 8.15. The van der Waals surface area contributed by atoms with Crippen molar-refractivity contribution in [3.63, 3.8) is 0 Å². The van der Waals surface area contributed by atoms with Crippen molar-refractivity contribution in [1.29, 1.82) is 0 Å². The molecule has 7 nitrogen and oxygen atoms in total. The quantitative estimate of drug-likeness (QED) is 0.533. The fourth-order valence-electron chi connectivity index (χ4n) is 4.17. The summed E-state index contributed by atoms with van der Waals surface area (Å²) in [7, 11) is 0. The average Bonchev–Trinajstić information content (AvgIpc) is 3.48. The van der Waals surface area contributed by atoms with Crippen LogP contribution in [-0.2, 0) is 0 Å². The molecule has 5 rings (SSSR count). The zero-order valence-corrected chi connectivity index (χ0v) is 17.6. The number of halogens is 1. The Hall–Kier alpha value is -3.81. The van der Waals surface area contributed by atoms with Crippen molar-refractivity contribution < 1.29 is 9.18 Å². The van der Waals surface area contributed by atoms with Crippen LogP contribution in [0.4, 0.5) is 4.39 Å². The van der Waals surface area contributed by atoms with Crippen molar-refractivity contribution in [2.24, 2.45) is 5.92 Å². The van der Waals surface area contributed by atoms with Crippen LogP contribution in [-0.4, -0.2) is 43.9 Å². The van der Waals surface area contributed by atoms with Crippen LogP contribution in [0, 0.1) is 11.7 Å². The summed E-state index contributed by atoms with van der Waals surface area (Å²) in [6.07, 6.45) is 3.79. The Balaban J connectivity index is 1.39. The lowest BCUT2D eigenvalue weighted by Crippen LogP contribution is -2.28. The topological polar surface area (TPSA) is 83.9 Å². The van der Waals surface area contributed by atoms with Crippen molar-refractivity contribution in [1.82, 2.24) is 24.9 Å². The number of nitrogens with one attached hydrogen (secondary N) is 1. The average molecular weight is 431 g/mol. The number of benzene rings is 2. The van der Waals surface area contributed by atoms with Crippen LogP contribution < -0.4 is 5.56 Å². The maximum atomic E-state index is 13.6. The van der Waals surface area contributed by atoms with Gasteiger partial charge in [-0.3, -0.25) is 9.59 Å². The van der Waals surface area contributed by atoms with Crippen molar-refractivity contribution in [2.45, 2.75) is 19.8 Å². The Morgan fingerprint density at radius 3 is 2.75 bits per heavy atom. The van der Waals surface area contributed by atoms with Gasteiger partial charge in [0.1, 0.15) is 11.5 Å². The van der Waals surface area contributed by atoms with Gasteiger partial charge in [-0.2, -0.15) is 0 Å². The SMILES string of the molecule is CC[C@@H]1CCN(C(=O)c2ccc(-n3cc(-c4cc5cc(F)ccc5[nH]c4=O)nn3)cc2)C1. The highest BCUT2D eigenvalue weighted by atomic mass is 19.1. The molecule has 0 radical (unpaired) electrons. The number of hydrogen-bond donors (Lipinski definition) is 1. The molecule has 4 aromatic rings. The van der Waals surface area contributed by atoms with Gasteiger partial charge in [-0.25, -0.2) is 9.07 Å². The molecule has 0 aliphatic carbocycles. The highest BCUT2D eigenvalue weighted by Gasteiger charge is 2.25. The molecule has 3 heterocycles. The van der Waals surface area contributed by atoms with E-state index in [4.69, 9.17) is 0 Å². The number of carbonyl (C=O) groups excluding carboxylic acids is 1. The van der Waals surface area contributed by atoms with Gasteiger partial charge in [-0.1, -0.05) is 18.6 Å². The molecule has 1 N–H and O–H groups in total. The molecule has 32 heavy (non-hydrogen) atoms. The standard InChI is InChI=1S/C24H22FN5O2/c1-2-15-9-10-29(13-15)24(32)16-3-6-19(7-4-16)30-14-22(27-28-30)20-12-17-11-18(25)5-8-21(17)26-23(20)31/h3-8,11-12,14-15H,2,9-10,13H2,1H3,(H,26,31)/t15-/m1/s1. The Morgan fingerprint density at radius 2 is 2.00 bits per heavy atom. The third-order valence-corrected chi connectivity index (χ3v) is 6.10. The molecule has 1 amide bonds. The minimum Gasteiger partial charge on any atom is -0.338 e. The lowest BCUT2D eigenvalue weighted by molar-refractivity contribution is 0.0787. The Bertz CT molecular complexity index is 1360. The van der Waals surface area contributed by atoms with Crippen molar-refractivity contribution >= 4 is 16.8 Å². The number of aromatic nitrogens is 4. The van der Waals surface area contributed by atoms with E-state index in [9.17, 15) is 14.0 Å². The van der Waals surface area contributed by atoms with Gasteiger partial charge in [0.25, 0.3) is 11.5 Å². The molecule has 2 aromatic carbocycles. The fraction of sp³-hybridized carbons (Fsp3) is 0.250. The van der Waals surface area contributed by atoms with Crippen LogP contribution in [0.1, 0.15) is 30.1 Å². The molecule has 2 aromatic heterocycles. The van der Waals surface area contributed by atoms with Crippen molar-refractivity contribution in [3.05, 3.63) is 76.5 Å². The maximum absolute atomic E-state index is 13.6. The maximum Gasteiger partial charge on any atom is 0.258 e. The lowest BCUT2D eigenvalue weighted by atomic mass is 10.1. The number of rotatable bonds is 4. The number of hydrogen-bond acceptors (Lipinski definition) is 4. The molecular weight excluding hydrogens is 409 g/mol. The van der Waals surface area contributed by atoms with Gasteiger partial charge in [0.05, 0.1) is 17.4 Å². The van der Waals surface area contributed by atoms with Crippen LogP contribution in [0.15, 0.2) is 59.5 Å². The third-order valence-electron chi connectivity index (χ3n) is 6.10. The zero-order chi connectivity index (χ0) is 22.2. The van der Waals surface area contributed by atoms with Crippen LogP contribution in [0.25, 0.3) is 27.8 Å². The smallest absolute Gasteiger partial charge is 0.258 e. The lowest BCUT2D eigenvalue weighted by Gasteiger charge is -2.16. The summed E-state index contributed by atoms with van der Waals surface area (Å²) in [5.41, 5.74) is 2.26. The van der Waals surface area contributed by atoms with Crippen LogP contribution in [0.3, 0.4) is 0 Å². The molecule has 0 spiro atoms. The van der Waals surface area contributed by atoms with Crippen molar-refractivity contribution in [3.8, 4) is 16.9 Å². The third kappa shape index (κ3) is 3.68. The highest BCUT2D eigenvalue weighted by molar-refractivity contribution is 5.94. The van der Waals surface area contributed by atoms with Gasteiger partial charge in [-0.05, 0) is 60.9 Å². The molecule has 162 valence electrons. The number of carbonyl (C=O) groups is 1. The van der Waals surface area contributed by atoms with E-state index in [1.165, 1.54) is 18.2 Å². The van der Waals surface area contributed by atoms with E-state index in [0.29, 0.717) is 33.6 Å².